The van der Waals surface area contributed by atoms with Gasteiger partial charge in [0.25, 0.3) is 0 Å². The molecule has 3 heteroatoms. The molecule has 21 heavy (non-hydrogen) atoms. The quantitative estimate of drug-likeness (QED) is 0.894. The van der Waals surface area contributed by atoms with E-state index in [1.807, 2.05) is 12.1 Å². The Morgan fingerprint density at radius 3 is 2.67 bits per heavy atom. The fraction of sp³-hybridized carbons (Fsp3) is 0.444. The minimum Gasteiger partial charge on any atom is -0.388 e. The molecule has 0 fully saturated rings. The van der Waals surface area contributed by atoms with Crippen LogP contribution in [0.15, 0.2) is 36.5 Å². The van der Waals surface area contributed by atoms with E-state index in [1.165, 1.54) is 11.3 Å². The molecule has 1 heterocycles. The van der Waals surface area contributed by atoms with Crippen LogP contribution in [0.5, 0.6) is 0 Å². The number of rotatable bonds is 3. The van der Waals surface area contributed by atoms with Crippen molar-refractivity contribution >= 4 is 11.6 Å². The molecule has 112 valence electrons. The summed E-state index contributed by atoms with van der Waals surface area (Å²) in [7, 11) is 0. The van der Waals surface area contributed by atoms with E-state index in [1.54, 1.807) is 0 Å². The summed E-state index contributed by atoms with van der Waals surface area (Å²) >= 11 is 5.92. The summed E-state index contributed by atoms with van der Waals surface area (Å²) in [6.07, 6.45) is 4.66. The first-order valence-electron chi connectivity index (χ1n) is 7.55. The van der Waals surface area contributed by atoms with E-state index >= 15 is 0 Å². The monoisotopic (exact) mass is 303 g/mol. The van der Waals surface area contributed by atoms with E-state index in [0.717, 1.165) is 36.4 Å². The number of aryl methyl sites for hydroxylation is 2. The molecule has 0 saturated heterocycles. The third-order valence-corrected chi connectivity index (χ3v) is 4.67. The summed E-state index contributed by atoms with van der Waals surface area (Å²) in [4.78, 5) is 0. The number of aromatic nitrogens is 1. The molecule has 0 spiro atoms. The molecular formula is C18H22ClNO. The summed E-state index contributed by atoms with van der Waals surface area (Å²) in [5.74, 6) is 0. The second-order valence-corrected chi connectivity index (χ2v) is 7.28. The molecule has 0 aliphatic heterocycles. The largest absolute Gasteiger partial charge is 0.388 e. The van der Waals surface area contributed by atoms with Gasteiger partial charge >= 0.3 is 0 Å². The Balaban J connectivity index is 1.77. The first kappa shape index (κ1) is 14.7. The van der Waals surface area contributed by atoms with Crippen LogP contribution in [-0.4, -0.2) is 9.67 Å². The second kappa shape index (κ2) is 5.51. The molecule has 1 aliphatic carbocycles. The van der Waals surface area contributed by atoms with Gasteiger partial charge in [0.05, 0.1) is 6.10 Å². The number of hydrogen-bond acceptors (Lipinski definition) is 1. The number of halogens is 1. The van der Waals surface area contributed by atoms with Crippen molar-refractivity contribution in [1.29, 1.82) is 0 Å². The molecule has 1 aliphatic rings. The number of aliphatic hydroxyl groups is 1. The van der Waals surface area contributed by atoms with Gasteiger partial charge in [0.1, 0.15) is 0 Å². The number of nitrogens with zero attached hydrogens (tertiary/aromatic N) is 1. The van der Waals surface area contributed by atoms with Gasteiger partial charge in [-0.1, -0.05) is 37.6 Å². The number of aliphatic hydroxyl groups excluding tert-OH is 1. The van der Waals surface area contributed by atoms with E-state index in [2.05, 4.69) is 42.8 Å². The van der Waals surface area contributed by atoms with Crippen LogP contribution in [0.4, 0.5) is 0 Å². The van der Waals surface area contributed by atoms with Gasteiger partial charge < -0.3 is 9.67 Å². The molecule has 1 N–H and O–H groups in total. The Labute approximate surface area is 131 Å². The standard InChI is InChI=1S/C18H22ClNO/c1-18(2)11-16-15(17(21)12-18)8-10-20(16)9-7-13-3-5-14(19)6-4-13/h3-6,8,10,17,21H,7,9,11-12H2,1-2H3. The van der Waals surface area contributed by atoms with Gasteiger partial charge in [-0.25, -0.2) is 0 Å². The van der Waals surface area contributed by atoms with Gasteiger partial charge in [0.15, 0.2) is 0 Å². The Bertz CT molecular complexity index is 627. The maximum absolute atomic E-state index is 10.3. The zero-order valence-electron chi connectivity index (χ0n) is 12.6. The fourth-order valence-corrected chi connectivity index (χ4v) is 3.42. The normalized spacial score (nSPS) is 20.3. The van der Waals surface area contributed by atoms with Crippen LogP contribution >= 0.6 is 11.6 Å². The predicted octanol–water partition coefficient (Wildman–Crippen LogP) is 4.39. The summed E-state index contributed by atoms with van der Waals surface area (Å²) < 4.78 is 2.30. The molecule has 2 aromatic rings. The zero-order valence-corrected chi connectivity index (χ0v) is 13.4. The minimum absolute atomic E-state index is 0.169. The molecule has 1 aromatic heterocycles. The lowest BCUT2D eigenvalue weighted by atomic mass is 9.75. The number of hydrogen-bond donors (Lipinski definition) is 1. The van der Waals surface area contributed by atoms with E-state index in [9.17, 15) is 5.11 Å². The Morgan fingerprint density at radius 2 is 1.95 bits per heavy atom. The predicted molar refractivity (Wildman–Crippen MR) is 86.6 cm³/mol. The highest BCUT2D eigenvalue weighted by Crippen LogP contribution is 2.41. The van der Waals surface area contributed by atoms with Gasteiger partial charge in [0, 0.05) is 29.0 Å². The maximum atomic E-state index is 10.3. The van der Waals surface area contributed by atoms with Gasteiger partial charge in [-0.15, -0.1) is 0 Å². The lowest BCUT2D eigenvalue weighted by Gasteiger charge is -2.34. The van der Waals surface area contributed by atoms with Gasteiger partial charge in [-0.05, 0) is 48.4 Å². The zero-order chi connectivity index (χ0) is 15.0. The number of fused-ring (bicyclic) bond motifs is 1. The van der Waals surface area contributed by atoms with Crippen molar-refractivity contribution in [2.45, 2.75) is 45.8 Å². The molecule has 0 saturated carbocycles. The van der Waals surface area contributed by atoms with Crippen LogP contribution in [0, 0.1) is 5.41 Å². The van der Waals surface area contributed by atoms with Crippen molar-refractivity contribution in [3.8, 4) is 0 Å². The third kappa shape index (κ3) is 3.17. The van der Waals surface area contributed by atoms with E-state index in [4.69, 9.17) is 11.6 Å². The first-order valence-corrected chi connectivity index (χ1v) is 7.93. The summed E-state index contributed by atoms with van der Waals surface area (Å²) in [5, 5.41) is 11.1. The second-order valence-electron chi connectivity index (χ2n) is 6.85. The summed E-state index contributed by atoms with van der Waals surface area (Å²) in [6, 6.07) is 10.1. The molecule has 0 radical (unpaired) electrons. The molecule has 0 amide bonds. The lowest BCUT2D eigenvalue weighted by Crippen LogP contribution is -2.26. The lowest BCUT2D eigenvalue weighted by molar-refractivity contribution is 0.0979. The van der Waals surface area contributed by atoms with Crippen LogP contribution in [0.1, 0.15) is 43.2 Å². The molecule has 2 nitrogen and oxygen atoms in total. The molecule has 3 rings (SSSR count). The van der Waals surface area contributed by atoms with Crippen LogP contribution in [0.2, 0.25) is 5.02 Å². The van der Waals surface area contributed by atoms with Gasteiger partial charge in [0.2, 0.25) is 0 Å². The molecule has 0 bridgehead atoms. The van der Waals surface area contributed by atoms with Crippen molar-refractivity contribution in [2.24, 2.45) is 5.41 Å². The summed E-state index contributed by atoms with van der Waals surface area (Å²) in [6.45, 7) is 5.41. The average Bonchev–Trinajstić information content (AvgIpc) is 2.80. The fourth-order valence-electron chi connectivity index (χ4n) is 3.30. The van der Waals surface area contributed by atoms with Crippen molar-refractivity contribution in [3.63, 3.8) is 0 Å². The SMILES string of the molecule is CC1(C)Cc2c(ccn2CCc2ccc(Cl)cc2)C(O)C1. The summed E-state index contributed by atoms with van der Waals surface area (Å²) in [5.41, 5.74) is 3.87. The van der Waals surface area contributed by atoms with Crippen LogP contribution in [0.3, 0.4) is 0 Å². The molecule has 1 atom stereocenters. The van der Waals surface area contributed by atoms with Crippen molar-refractivity contribution in [2.75, 3.05) is 0 Å². The van der Waals surface area contributed by atoms with E-state index in [0.29, 0.717) is 0 Å². The smallest absolute Gasteiger partial charge is 0.0812 e. The average molecular weight is 304 g/mol. The molecule has 1 unspecified atom stereocenters. The van der Waals surface area contributed by atoms with Crippen molar-refractivity contribution in [3.05, 3.63) is 58.4 Å². The Hall–Kier alpha value is -1.25. The van der Waals surface area contributed by atoms with Crippen molar-refractivity contribution in [1.82, 2.24) is 4.57 Å². The highest BCUT2D eigenvalue weighted by molar-refractivity contribution is 6.30. The highest BCUT2D eigenvalue weighted by atomic mass is 35.5. The maximum Gasteiger partial charge on any atom is 0.0812 e. The molecule has 1 aromatic carbocycles. The Kier molecular flexibility index (Phi) is 3.85. The molecular weight excluding hydrogens is 282 g/mol. The van der Waals surface area contributed by atoms with Crippen molar-refractivity contribution < 1.29 is 5.11 Å². The van der Waals surface area contributed by atoms with Crippen LogP contribution in [0.25, 0.3) is 0 Å². The first-order chi connectivity index (χ1) is 9.94. The third-order valence-electron chi connectivity index (χ3n) is 4.42. The van der Waals surface area contributed by atoms with Gasteiger partial charge in [-0.2, -0.15) is 0 Å². The van der Waals surface area contributed by atoms with E-state index in [-0.39, 0.29) is 11.5 Å². The number of benzene rings is 1. The van der Waals surface area contributed by atoms with Crippen LogP contribution < -0.4 is 0 Å². The van der Waals surface area contributed by atoms with Gasteiger partial charge in [-0.3, -0.25) is 0 Å². The van der Waals surface area contributed by atoms with E-state index < -0.39 is 0 Å². The Morgan fingerprint density at radius 1 is 1.24 bits per heavy atom. The topological polar surface area (TPSA) is 25.2 Å². The van der Waals surface area contributed by atoms with Crippen LogP contribution in [-0.2, 0) is 19.4 Å². The minimum atomic E-state index is -0.319. The highest BCUT2D eigenvalue weighted by Gasteiger charge is 2.32.